The standard InChI is InChI=1S/C17H18N2O5/c1-17(2)15-14(16(22)24-17)11(7-13(21)19-15)9-3-5-10(6-4-9)23-8-12(18)20/h3-6,11H,7-8H2,1-2H3,(H2,18,20)(H,19,21)/t11-/m0/s1. The van der Waals surface area contributed by atoms with Crippen molar-refractivity contribution >= 4 is 17.8 Å². The second kappa shape index (κ2) is 5.67. The van der Waals surface area contributed by atoms with Gasteiger partial charge in [-0.05, 0) is 31.5 Å². The lowest BCUT2D eigenvalue weighted by atomic mass is 9.83. The van der Waals surface area contributed by atoms with E-state index in [1.165, 1.54) is 0 Å². The van der Waals surface area contributed by atoms with Gasteiger partial charge in [-0.15, -0.1) is 0 Å². The lowest BCUT2D eigenvalue weighted by Crippen LogP contribution is -2.38. The number of hydrogen-bond donors (Lipinski definition) is 2. The smallest absolute Gasteiger partial charge is 0.337 e. The van der Waals surface area contributed by atoms with Crippen molar-refractivity contribution in [3.05, 3.63) is 41.1 Å². The van der Waals surface area contributed by atoms with Gasteiger partial charge < -0.3 is 20.5 Å². The number of hydrogen-bond acceptors (Lipinski definition) is 5. The molecule has 3 rings (SSSR count). The molecule has 0 radical (unpaired) electrons. The van der Waals surface area contributed by atoms with E-state index in [0.717, 1.165) is 5.56 Å². The third kappa shape index (κ3) is 2.84. The van der Waals surface area contributed by atoms with E-state index in [2.05, 4.69) is 5.32 Å². The van der Waals surface area contributed by atoms with Gasteiger partial charge in [-0.3, -0.25) is 9.59 Å². The van der Waals surface area contributed by atoms with Crippen molar-refractivity contribution in [3.63, 3.8) is 0 Å². The summed E-state index contributed by atoms with van der Waals surface area (Å²) in [6.07, 6.45) is 0.172. The predicted molar refractivity (Wildman–Crippen MR) is 83.8 cm³/mol. The molecular weight excluding hydrogens is 312 g/mol. The van der Waals surface area contributed by atoms with Crippen molar-refractivity contribution in [3.8, 4) is 5.75 Å². The van der Waals surface area contributed by atoms with Crippen LogP contribution in [0.5, 0.6) is 5.75 Å². The molecule has 0 aliphatic carbocycles. The van der Waals surface area contributed by atoms with Gasteiger partial charge in [0.2, 0.25) is 5.91 Å². The van der Waals surface area contributed by atoms with Crippen LogP contribution in [0.2, 0.25) is 0 Å². The van der Waals surface area contributed by atoms with Gasteiger partial charge >= 0.3 is 5.97 Å². The first-order valence-electron chi connectivity index (χ1n) is 7.57. The summed E-state index contributed by atoms with van der Waals surface area (Å²) in [5, 5.41) is 2.76. The highest BCUT2D eigenvalue weighted by molar-refractivity contribution is 5.99. The van der Waals surface area contributed by atoms with E-state index in [1.807, 2.05) is 0 Å². The minimum absolute atomic E-state index is 0.154. The number of cyclic esters (lactones) is 1. The first-order chi connectivity index (χ1) is 11.3. The van der Waals surface area contributed by atoms with E-state index >= 15 is 0 Å². The Morgan fingerprint density at radius 1 is 1.33 bits per heavy atom. The van der Waals surface area contributed by atoms with Crippen molar-refractivity contribution in [2.75, 3.05) is 6.61 Å². The lowest BCUT2D eigenvalue weighted by Gasteiger charge is -2.27. The van der Waals surface area contributed by atoms with Crippen molar-refractivity contribution in [1.82, 2.24) is 5.32 Å². The molecular formula is C17H18N2O5. The zero-order chi connectivity index (χ0) is 17.5. The Hall–Kier alpha value is -2.83. The summed E-state index contributed by atoms with van der Waals surface area (Å²) in [5.74, 6) is -1.00. The number of nitrogens with two attached hydrogens (primary N) is 1. The fourth-order valence-electron chi connectivity index (χ4n) is 3.01. The average Bonchev–Trinajstić information content (AvgIpc) is 2.74. The maximum atomic E-state index is 12.3. The quantitative estimate of drug-likeness (QED) is 0.792. The summed E-state index contributed by atoms with van der Waals surface area (Å²) in [5.41, 5.74) is 6.02. The first-order valence-corrected chi connectivity index (χ1v) is 7.57. The third-order valence-electron chi connectivity index (χ3n) is 4.11. The van der Waals surface area contributed by atoms with Crippen LogP contribution in [0.25, 0.3) is 0 Å². The minimum Gasteiger partial charge on any atom is -0.484 e. The molecule has 1 aromatic carbocycles. The van der Waals surface area contributed by atoms with Crippen LogP contribution >= 0.6 is 0 Å². The number of rotatable bonds is 4. The van der Waals surface area contributed by atoms with Crippen LogP contribution in [0.15, 0.2) is 35.5 Å². The summed E-state index contributed by atoms with van der Waals surface area (Å²) < 4.78 is 10.6. The predicted octanol–water partition coefficient (Wildman–Crippen LogP) is 0.744. The molecule has 2 heterocycles. The van der Waals surface area contributed by atoms with Gasteiger partial charge in [0, 0.05) is 12.3 Å². The Morgan fingerprint density at radius 3 is 2.62 bits per heavy atom. The Kier molecular flexibility index (Phi) is 3.79. The zero-order valence-corrected chi connectivity index (χ0v) is 13.4. The Morgan fingerprint density at radius 2 is 2.00 bits per heavy atom. The van der Waals surface area contributed by atoms with Crippen LogP contribution in [0.1, 0.15) is 31.7 Å². The lowest BCUT2D eigenvalue weighted by molar-refractivity contribution is -0.144. The van der Waals surface area contributed by atoms with Gasteiger partial charge in [-0.2, -0.15) is 0 Å². The number of ether oxygens (including phenoxy) is 2. The highest BCUT2D eigenvalue weighted by Gasteiger charge is 2.47. The monoisotopic (exact) mass is 330 g/mol. The van der Waals surface area contributed by atoms with Crippen LogP contribution < -0.4 is 15.8 Å². The molecule has 0 bridgehead atoms. The molecule has 0 fully saturated rings. The van der Waals surface area contributed by atoms with Crippen molar-refractivity contribution < 1.29 is 23.9 Å². The maximum absolute atomic E-state index is 12.3. The van der Waals surface area contributed by atoms with Crippen molar-refractivity contribution in [1.29, 1.82) is 0 Å². The molecule has 126 valence electrons. The highest BCUT2D eigenvalue weighted by Crippen LogP contribution is 2.42. The van der Waals surface area contributed by atoms with E-state index in [9.17, 15) is 14.4 Å². The van der Waals surface area contributed by atoms with Crippen LogP contribution in [0, 0.1) is 0 Å². The molecule has 7 nitrogen and oxygen atoms in total. The van der Waals surface area contributed by atoms with E-state index in [-0.39, 0.29) is 24.9 Å². The Balaban J connectivity index is 1.90. The second-order valence-electron chi connectivity index (χ2n) is 6.32. The average molecular weight is 330 g/mol. The molecule has 0 unspecified atom stereocenters. The van der Waals surface area contributed by atoms with Gasteiger partial charge in [0.25, 0.3) is 5.91 Å². The summed E-state index contributed by atoms with van der Waals surface area (Å²) >= 11 is 0. The largest absolute Gasteiger partial charge is 0.484 e. The summed E-state index contributed by atoms with van der Waals surface area (Å²) in [7, 11) is 0. The third-order valence-corrected chi connectivity index (χ3v) is 4.11. The zero-order valence-electron chi connectivity index (χ0n) is 13.4. The highest BCUT2D eigenvalue weighted by atomic mass is 16.6. The van der Waals surface area contributed by atoms with Crippen molar-refractivity contribution in [2.24, 2.45) is 5.73 Å². The first kappa shape index (κ1) is 16.0. The second-order valence-corrected chi connectivity index (χ2v) is 6.32. The van der Waals surface area contributed by atoms with Gasteiger partial charge in [0.15, 0.2) is 6.61 Å². The van der Waals surface area contributed by atoms with Gasteiger partial charge in [0.1, 0.15) is 11.4 Å². The fraction of sp³-hybridized carbons (Fsp3) is 0.353. The van der Waals surface area contributed by atoms with E-state index in [4.69, 9.17) is 15.2 Å². The van der Waals surface area contributed by atoms with E-state index in [0.29, 0.717) is 17.0 Å². The van der Waals surface area contributed by atoms with Gasteiger partial charge in [0.05, 0.1) is 11.3 Å². The number of benzene rings is 1. The fourth-order valence-corrected chi connectivity index (χ4v) is 3.01. The van der Waals surface area contributed by atoms with E-state index < -0.39 is 17.5 Å². The number of esters is 1. The molecule has 1 atom stereocenters. The topological polar surface area (TPSA) is 108 Å². The van der Waals surface area contributed by atoms with Crippen molar-refractivity contribution in [2.45, 2.75) is 31.8 Å². The molecule has 0 saturated carbocycles. The summed E-state index contributed by atoms with van der Waals surface area (Å²) in [6, 6.07) is 6.89. The van der Waals surface area contributed by atoms with Gasteiger partial charge in [-0.25, -0.2) is 4.79 Å². The molecule has 7 heteroatoms. The van der Waals surface area contributed by atoms with Crippen LogP contribution in [0.3, 0.4) is 0 Å². The number of primary amides is 1. The number of amides is 2. The van der Waals surface area contributed by atoms with Gasteiger partial charge in [-0.1, -0.05) is 12.1 Å². The molecule has 0 spiro atoms. The maximum Gasteiger partial charge on any atom is 0.337 e. The van der Waals surface area contributed by atoms with Crippen LogP contribution in [0.4, 0.5) is 0 Å². The van der Waals surface area contributed by atoms with Crippen LogP contribution in [-0.2, 0) is 19.1 Å². The summed E-state index contributed by atoms with van der Waals surface area (Å²) in [6.45, 7) is 3.29. The normalized spacial score (nSPS) is 21.8. The molecule has 2 aliphatic heterocycles. The summed E-state index contributed by atoms with van der Waals surface area (Å²) in [4.78, 5) is 35.0. The molecule has 2 amide bonds. The number of carbonyl (C=O) groups is 3. The van der Waals surface area contributed by atoms with E-state index in [1.54, 1.807) is 38.1 Å². The molecule has 0 aromatic heterocycles. The molecule has 24 heavy (non-hydrogen) atoms. The number of nitrogens with one attached hydrogen (secondary N) is 1. The molecule has 3 N–H and O–H groups in total. The molecule has 2 aliphatic rings. The molecule has 0 saturated heterocycles. The Bertz CT molecular complexity index is 749. The number of carbonyl (C=O) groups excluding carboxylic acids is 3. The molecule has 1 aromatic rings. The van der Waals surface area contributed by atoms with Crippen LogP contribution in [-0.4, -0.2) is 30.0 Å². The minimum atomic E-state index is -0.842. The SMILES string of the molecule is CC1(C)OC(=O)C2=C1NC(=O)C[C@H]2c1ccc(OCC(N)=O)cc1. The Labute approximate surface area is 138 Å².